The highest BCUT2D eigenvalue weighted by Crippen LogP contribution is 2.38. The van der Waals surface area contributed by atoms with Crippen molar-refractivity contribution in [2.24, 2.45) is 11.8 Å². The Morgan fingerprint density at radius 2 is 2.09 bits per heavy atom. The highest BCUT2D eigenvalue weighted by atomic mass is 16.4. The average molecular weight is 155 g/mol. The smallest absolute Gasteiger partial charge is 0.308 e. The van der Waals surface area contributed by atoms with Gasteiger partial charge in [0, 0.05) is 6.04 Å². The Hall–Kier alpha value is -0.570. The van der Waals surface area contributed by atoms with Gasteiger partial charge in [0.15, 0.2) is 0 Å². The zero-order valence-corrected chi connectivity index (χ0v) is 6.42. The minimum Gasteiger partial charge on any atom is -0.481 e. The van der Waals surface area contributed by atoms with Gasteiger partial charge in [0.25, 0.3) is 0 Å². The Morgan fingerprint density at radius 3 is 2.64 bits per heavy atom. The first-order chi connectivity index (χ1) is 5.29. The van der Waals surface area contributed by atoms with Gasteiger partial charge < -0.3 is 10.4 Å². The minimum absolute atomic E-state index is 0.109. The predicted octanol–water partition coefficient (Wildman–Crippen LogP) is 0.459. The van der Waals surface area contributed by atoms with Crippen molar-refractivity contribution in [1.29, 1.82) is 0 Å². The molecule has 0 spiro atoms. The summed E-state index contributed by atoms with van der Waals surface area (Å²) in [6.07, 6.45) is 3.26. The first kappa shape index (κ1) is 7.10. The molecule has 2 unspecified atom stereocenters. The van der Waals surface area contributed by atoms with Crippen molar-refractivity contribution in [2.45, 2.75) is 25.3 Å². The summed E-state index contributed by atoms with van der Waals surface area (Å²) in [6.45, 7) is 0.887. The number of carbonyl (C=O) groups is 1. The molecule has 0 aromatic heterocycles. The molecule has 2 fully saturated rings. The number of carboxylic acids is 1. The van der Waals surface area contributed by atoms with E-state index in [0.717, 1.165) is 13.0 Å². The van der Waals surface area contributed by atoms with Crippen molar-refractivity contribution in [3.63, 3.8) is 0 Å². The zero-order chi connectivity index (χ0) is 7.84. The molecule has 0 aromatic rings. The second-order valence-electron chi connectivity index (χ2n) is 3.55. The summed E-state index contributed by atoms with van der Waals surface area (Å²) in [5.74, 6) is -0.0620. The Bertz CT molecular complexity index is 177. The maximum Gasteiger partial charge on any atom is 0.308 e. The molecule has 3 heteroatoms. The molecule has 2 aliphatic rings. The highest BCUT2D eigenvalue weighted by molar-refractivity contribution is 5.71. The van der Waals surface area contributed by atoms with Crippen LogP contribution < -0.4 is 5.32 Å². The van der Waals surface area contributed by atoms with Crippen LogP contribution in [0.2, 0.25) is 0 Å². The maximum atomic E-state index is 10.7. The van der Waals surface area contributed by atoms with Gasteiger partial charge in [-0.25, -0.2) is 0 Å². The fourth-order valence-electron chi connectivity index (χ4n) is 1.95. The molecule has 1 saturated carbocycles. The number of hydrogen-bond donors (Lipinski definition) is 2. The normalized spacial score (nSPS) is 37.5. The molecule has 1 aliphatic heterocycles. The van der Waals surface area contributed by atoms with Gasteiger partial charge in [-0.2, -0.15) is 0 Å². The van der Waals surface area contributed by atoms with Gasteiger partial charge >= 0.3 is 5.97 Å². The van der Waals surface area contributed by atoms with Crippen LogP contribution in [-0.2, 0) is 4.79 Å². The Labute approximate surface area is 65.8 Å². The molecule has 11 heavy (non-hydrogen) atoms. The molecule has 1 heterocycles. The molecule has 0 radical (unpaired) electrons. The molecular weight excluding hydrogens is 142 g/mol. The van der Waals surface area contributed by atoms with Gasteiger partial charge in [0.2, 0.25) is 0 Å². The van der Waals surface area contributed by atoms with Crippen molar-refractivity contribution in [3.05, 3.63) is 0 Å². The average Bonchev–Trinajstić information content (AvgIpc) is 2.68. The quantitative estimate of drug-likeness (QED) is 0.609. The lowest BCUT2D eigenvalue weighted by Crippen LogP contribution is -2.33. The van der Waals surface area contributed by atoms with Crippen LogP contribution in [0.15, 0.2) is 0 Å². The van der Waals surface area contributed by atoms with Crippen molar-refractivity contribution in [3.8, 4) is 0 Å². The lowest BCUT2D eigenvalue weighted by Gasteiger charge is -2.13. The van der Waals surface area contributed by atoms with E-state index in [0.29, 0.717) is 5.92 Å². The molecule has 3 nitrogen and oxygen atoms in total. The summed E-state index contributed by atoms with van der Waals surface area (Å²) < 4.78 is 0. The standard InChI is InChI=1S/C8H13NO2/c10-8(11)6-3-4-9-7(6)5-1-2-5/h5-7,9H,1-4H2,(H,10,11). The van der Waals surface area contributed by atoms with E-state index in [2.05, 4.69) is 5.32 Å². The number of nitrogens with one attached hydrogen (secondary N) is 1. The number of rotatable bonds is 2. The molecule has 0 bridgehead atoms. The van der Waals surface area contributed by atoms with Crippen LogP contribution in [0.25, 0.3) is 0 Å². The molecule has 1 saturated heterocycles. The van der Waals surface area contributed by atoms with E-state index >= 15 is 0 Å². The van der Waals surface area contributed by atoms with Crippen LogP contribution in [0.4, 0.5) is 0 Å². The van der Waals surface area contributed by atoms with Gasteiger partial charge in [0.05, 0.1) is 5.92 Å². The van der Waals surface area contributed by atoms with Crippen molar-refractivity contribution < 1.29 is 9.90 Å². The van der Waals surface area contributed by atoms with Crippen LogP contribution in [0.3, 0.4) is 0 Å². The summed E-state index contributed by atoms with van der Waals surface area (Å²) in [4.78, 5) is 10.7. The van der Waals surface area contributed by atoms with Crippen LogP contribution in [-0.4, -0.2) is 23.7 Å². The molecule has 1 aliphatic carbocycles. The molecule has 2 atom stereocenters. The van der Waals surface area contributed by atoms with E-state index in [1.807, 2.05) is 0 Å². The molecule has 0 amide bonds. The van der Waals surface area contributed by atoms with E-state index in [-0.39, 0.29) is 12.0 Å². The Morgan fingerprint density at radius 1 is 1.36 bits per heavy atom. The Kier molecular flexibility index (Phi) is 1.60. The number of aliphatic carboxylic acids is 1. The third-order valence-corrected chi connectivity index (χ3v) is 2.72. The van der Waals surface area contributed by atoms with Crippen molar-refractivity contribution in [2.75, 3.05) is 6.54 Å². The van der Waals surface area contributed by atoms with E-state index in [1.54, 1.807) is 0 Å². The Balaban J connectivity index is 2.01. The molecule has 2 N–H and O–H groups in total. The second kappa shape index (κ2) is 2.48. The van der Waals surface area contributed by atoms with E-state index in [4.69, 9.17) is 5.11 Å². The summed E-state index contributed by atoms with van der Waals surface area (Å²) in [6, 6.07) is 0.285. The predicted molar refractivity (Wildman–Crippen MR) is 40.3 cm³/mol. The van der Waals surface area contributed by atoms with E-state index in [9.17, 15) is 4.79 Å². The van der Waals surface area contributed by atoms with E-state index in [1.165, 1.54) is 12.8 Å². The van der Waals surface area contributed by atoms with Gasteiger partial charge in [-0.05, 0) is 31.7 Å². The van der Waals surface area contributed by atoms with Gasteiger partial charge in [-0.1, -0.05) is 0 Å². The first-order valence-corrected chi connectivity index (χ1v) is 4.25. The van der Waals surface area contributed by atoms with E-state index < -0.39 is 5.97 Å². The largest absolute Gasteiger partial charge is 0.481 e. The van der Waals surface area contributed by atoms with Gasteiger partial charge in [-0.15, -0.1) is 0 Å². The fourth-order valence-corrected chi connectivity index (χ4v) is 1.95. The summed E-state index contributed by atoms with van der Waals surface area (Å²) >= 11 is 0. The highest BCUT2D eigenvalue weighted by Gasteiger charge is 2.42. The van der Waals surface area contributed by atoms with Crippen molar-refractivity contribution in [1.82, 2.24) is 5.32 Å². The fraction of sp³-hybridized carbons (Fsp3) is 0.875. The van der Waals surface area contributed by atoms with Crippen LogP contribution in [0.1, 0.15) is 19.3 Å². The summed E-state index contributed by atoms with van der Waals surface area (Å²) in [5, 5.41) is 12.1. The van der Waals surface area contributed by atoms with Gasteiger partial charge in [0.1, 0.15) is 0 Å². The lowest BCUT2D eigenvalue weighted by atomic mass is 9.97. The third kappa shape index (κ3) is 1.25. The zero-order valence-electron chi connectivity index (χ0n) is 6.42. The van der Waals surface area contributed by atoms with Crippen LogP contribution in [0.5, 0.6) is 0 Å². The monoisotopic (exact) mass is 155 g/mol. The first-order valence-electron chi connectivity index (χ1n) is 4.25. The molecular formula is C8H13NO2. The summed E-state index contributed by atoms with van der Waals surface area (Å²) in [7, 11) is 0. The molecule has 62 valence electrons. The lowest BCUT2D eigenvalue weighted by molar-refractivity contribution is -0.142. The topological polar surface area (TPSA) is 49.3 Å². The minimum atomic E-state index is -0.619. The van der Waals surface area contributed by atoms with Gasteiger partial charge in [-0.3, -0.25) is 4.79 Å². The van der Waals surface area contributed by atoms with Crippen LogP contribution >= 0.6 is 0 Å². The van der Waals surface area contributed by atoms with Crippen LogP contribution in [0, 0.1) is 11.8 Å². The SMILES string of the molecule is O=C(O)C1CCNC1C1CC1. The number of hydrogen-bond acceptors (Lipinski definition) is 2. The summed E-state index contributed by atoms with van der Waals surface area (Å²) in [5.41, 5.74) is 0. The second-order valence-corrected chi connectivity index (χ2v) is 3.55. The third-order valence-electron chi connectivity index (χ3n) is 2.72. The number of carboxylic acid groups (broad SMARTS) is 1. The van der Waals surface area contributed by atoms with Crippen molar-refractivity contribution >= 4 is 5.97 Å². The maximum absolute atomic E-state index is 10.7. The molecule has 2 rings (SSSR count). The molecule has 0 aromatic carbocycles.